The van der Waals surface area contributed by atoms with Crippen LogP contribution in [0.5, 0.6) is 0 Å². The van der Waals surface area contributed by atoms with Gasteiger partial charge in [0.1, 0.15) is 11.5 Å². The van der Waals surface area contributed by atoms with Gasteiger partial charge in [0, 0.05) is 6.42 Å². The van der Waals surface area contributed by atoms with Gasteiger partial charge in [-0.15, -0.1) is 0 Å². The highest BCUT2D eigenvalue weighted by molar-refractivity contribution is 6.74. The van der Waals surface area contributed by atoms with Crippen molar-refractivity contribution in [1.29, 1.82) is 0 Å². The fourth-order valence-corrected chi connectivity index (χ4v) is 2.37. The van der Waals surface area contributed by atoms with E-state index >= 15 is 0 Å². The first-order valence-electron chi connectivity index (χ1n) is 6.94. The maximum Gasteiger partial charge on any atom is 0.305 e. The molecule has 4 nitrogen and oxygen atoms in total. The summed E-state index contributed by atoms with van der Waals surface area (Å²) >= 11 is 0. The van der Waals surface area contributed by atoms with Crippen molar-refractivity contribution in [1.82, 2.24) is 0 Å². The molecule has 0 spiro atoms. The summed E-state index contributed by atoms with van der Waals surface area (Å²) in [6, 6.07) is 3.81. The molecule has 1 rings (SSSR count). The predicted molar refractivity (Wildman–Crippen MR) is 81.0 cm³/mol. The Kier molecular flexibility index (Phi) is 5.59. The van der Waals surface area contributed by atoms with Gasteiger partial charge in [-0.2, -0.15) is 0 Å². The van der Waals surface area contributed by atoms with E-state index in [4.69, 9.17) is 8.84 Å². The van der Waals surface area contributed by atoms with Crippen LogP contribution in [-0.2, 0) is 27.0 Å². The number of rotatable bonds is 6. The van der Waals surface area contributed by atoms with Gasteiger partial charge in [-0.25, -0.2) is 0 Å². The van der Waals surface area contributed by atoms with E-state index in [-0.39, 0.29) is 11.0 Å². The fourth-order valence-electron chi connectivity index (χ4n) is 1.43. The summed E-state index contributed by atoms with van der Waals surface area (Å²) in [6.45, 7) is 11.6. The molecule has 0 bridgehead atoms. The lowest BCUT2D eigenvalue weighted by Gasteiger charge is -2.35. The van der Waals surface area contributed by atoms with Crippen molar-refractivity contribution in [3.63, 3.8) is 0 Å². The Morgan fingerprint density at radius 1 is 1.25 bits per heavy atom. The van der Waals surface area contributed by atoms with Crippen LogP contribution in [0.15, 0.2) is 16.5 Å². The Morgan fingerprint density at radius 2 is 1.85 bits per heavy atom. The summed E-state index contributed by atoms with van der Waals surface area (Å²) in [5, 5.41) is 0.188. The molecule has 0 aliphatic rings. The van der Waals surface area contributed by atoms with Gasteiger partial charge in [-0.3, -0.25) is 4.79 Å². The molecule has 0 saturated heterocycles. The number of carbonyl (C=O) groups excluding carboxylic acids is 1. The second-order valence-electron chi connectivity index (χ2n) is 6.49. The summed E-state index contributed by atoms with van der Waals surface area (Å²) < 4.78 is 16.4. The molecule has 0 radical (unpaired) electrons. The van der Waals surface area contributed by atoms with E-state index in [1.165, 1.54) is 7.11 Å². The van der Waals surface area contributed by atoms with Crippen LogP contribution in [0.1, 0.15) is 38.7 Å². The third-order valence-electron chi connectivity index (χ3n) is 3.90. The third kappa shape index (κ3) is 4.79. The largest absolute Gasteiger partial charge is 0.469 e. The molecule has 0 amide bonds. The molecule has 1 aromatic rings. The number of ether oxygens (including phenoxy) is 1. The van der Waals surface area contributed by atoms with Crippen LogP contribution in [0.4, 0.5) is 0 Å². The lowest BCUT2D eigenvalue weighted by molar-refractivity contribution is -0.140. The van der Waals surface area contributed by atoms with Crippen molar-refractivity contribution in [3.8, 4) is 0 Å². The second kappa shape index (κ2) is 6.59. The average molecular weight is 298 g/mol. The topological polar surface area (TPSA) is 48.7 Å². The Morgan fingerprint density at radius 3 is 2.40 bits per heavy atom. The second-order valence-corrected chi connectivity index (χ2v) is 11.3. The van der Waals surface area contributed by atoms with Crippen LogP contribution in [0, 0.1) is 0 Å². The average Bonchev–Trinajstić information content (AvgIpc) is 2.80. The summed E-state index contributed by atoms with van der Waals surface area (Å²) in [5.74, 6) is 1.39. The lowest BCUT2D eigenvalue weighted by Crippen LogP contribution is -2.40. The Bertz CT molecular complexity index is 443. The SMILES string of the molecule is COC(=O)CCc1ccc(CO[Si](C)(C)C(C)(C)C)o1. The maximum absolute atomic E-state index is 11.1. The van der Waals surface area contributed by atoms with Crippen LogP contribution >= 0.6 is 0 Å². The molecule has 0 unspecified atom stereocenters. The van der Waals surface area contributed by atoms with E-state index in [1.807, 2.05) is 12.1 Å². The first kappa shape index (κ1) is 17.0. The molecule has 0 fully saturated rings. The number of esters is 1. The molecule has 0 aromatic carbocycles. The number of hydrogen-bond donors (Lipinski definition) is 0. The summed E-state index contributed by atoms with van der Waals surface area (Å²) in [6.07, 6.45) is 0.902. The molecule has 1 aromatic heterocycles. The van der Waals surface area contributed by atoms with Crippen LogP contribution in [0.3, 0.4) is 0 Å². The van der Waals surface area contributed by atoms with Gasteiger partial charge in [-0.1, -0.05) is 20.8 Å². The molecule has 5 heteroatoms. The van der Waals surface area contributed by atoms with Crippen molar-refractivity contribution < 1.29 is 18.4 Å². The Balaban J connectivity index is 2.51. The first-order valence-corrected chi connectivity index (χ1v) is 9.85. The highest BCUT2D eigenvalue weighted by Crippen LogP contribution is 2.37. The minimum Gasteiger partial charge on any atom is -0.469 e. The van der Waals surface area contributed by atoms with E-state index in [0.717, 1.165) is 11.5 Å². The van der Waals surface area contributed by atoms with Crippen molar-refractivity contribution in [2.24, 2.45) is 0 Å². The van der Waals surface area contributed by atoms with E-state index in [0.29, 0.717) is 19.4 Å². The zero-order chi connectivity index (χ0) is 15.4. The number of carbonyl (C=O) groups is 1. The molecule has 0 N–H and O–H groups in total. The van der Waals surface area contributed by atoms with Crippen LogP contribution in [0.25, 0.3) is 0 Å². The van der Waals surface area contributed by atoms with Crippen LogP contribution in [-0.4, -0.2) is 21.4 Å². The van der Waals surface area contributed by atoms with Crippen LogP contribution in [0.2, 0.25) is 18.1 Å². The Hall–Kier alpha value is -1.07. The first-order chi connectivity index (χ1) is 9.15. The van der Waals surface area contributed by atoms with Crippen molar-refractivity contribution in [2.45, 2.75) is 58.4 Å². The van der Waals surface area contributed by atoms with Gasteiger partial charge in [0.15, 0.2) is 8.32 Å². The summed E-state index contributed by atoms with van der Waals surface area (Å²) in [5.41, 5.74) is 0. The van der Waals surface area contributed by atoms with Gasteiger partial charge in [0.2, 0.25) is 0 Å². The van der Waals surface area contributed by atoms with Gasteiger partial charge in [0.05, 0.1) is 20.1 Å². The molecule has 0 aliphatic heterocycles. The van der Waals surface area contributed by atoms with Gasteiger partial charge >= 0.3 is 5.97 Å². The molecule has 20 heavy (non-hydrogen) atoms. The van der Waals surface area contributed by atoms with E-state index in [1.54, 1.807) is 0 Å². The normalized spacial score (nSPS) is 12.5. The Labute approximate surface area is 122 Å². The maximum atomic E-state index is 11.1. The highest BCUT2D eigenvalue weighted by atomic mass is 28.4. The zero-order valence-corrected chi connectivity index (χ0v) is 14.4. The minimum atomic E-state index is -1.75. The number of furan rings is 1. The number of methoxy groups -OCH3 is 1. The van der Waals surface area contributed by atoms with E-state index in [9.17, 15) is 4.79 Å². The molecular weight excluding hydrogens is 272 g/mol. The monoisotopic (exact) mass is 298 g/mol. The fraction of sp³-hybridized carbons (Fsp3) is 0.667. The zero-order valence-electron chi connectivity index (χ0n) is 13.4. The van der Waals surface area contributed by atoms with Crippen LogP contribution < -0.4 is 0 Å². The van der Waals surface area contributed by atoms with Crippen molar-refractivity contribution in [2.75, 3.05) is 7.11 Å². The number of hydrogen-bond acceptors (Lipinski definition) is 4. The lowest BCUT2D eigenvalue weighted by atomic mass is 10.2. The standard InChI is InChI=1S/C15H26O4Si/c1-15(2,3)20(5,6)18-11-13-8-7-12(19-13)9-10-14(16)17-4/h7-8H,9-11H2,1-6H3. The quantitative estimate of drug-likeness (QED) is 0.590. The van der Waals surface area contributed by atoms with Gasteiger partial charge in [0.25, 0.3) is 0 Å². The summed E-state index contributed by atoms with van der Waals surface area (Å²) in [4.78, 5) is 11.1. The summed E-state index contributed by atoms with van der Waals surface area (Å²) in [7, 11) is -0.363. The van der Waals surface area contributed by atoms with Gasteiger partial charge in [-0.05, 0) is 30.3 Å². The molecule has 0 saturated carbocycles. The molecule has 0 aliphatic carbocycles. The van der Waals surface area contributed by atoms with Gasteiger partial charge < -0.3 is 13.6 Å². The minimum absolute atomic E-state index is 0.188. The van der Waals surface area contributed by atoms with E-state index < -0.39 is 8.32 Å². The predicted octanol–water partition coefficient (Wildman–Crippen LogP) is 3.91. The molecular formula is C15H26O4Si. The smallest absolute Gasteiger partial charge is 0.305 e. The molecule has 1 heterocycles. The third-order valence-corrected chi connectivity index (χ3v) is 8.38. The molecule has 114 valence electrons. The van der Waals surface area contributed by atoms with Crippen molar-refractivity contribution in [3.05, 3.63) is 23.7 Å². The van der Waals surface area contributed by atoms with E-state index in [2.05, 4.69) is 38.6 Å². The number of aryl methyl sites for hydroxylation is 1. The van der Waals surface area contributed by atoms with Crippen molar-refractivity contribution >= 4 is 14.3 Å². The highest BCUT2D eigenvalue weighted by Gasteiger charge is 2.37. The molecule has 0 atom stereocenters.